The molecular formula is C35H29F3N4O7. The number of esters is 1. The molecule has 0 fully saturated rings. The number of hydrogen-bond acceptors (Lipinski definition) is 7. The fourth-order valence-corrected chi connectivity index (χ4v) is 5.03. The molecule has 5 aromatic rings. The highest BCUT2D eigenvalue weighted by atomic mass is 19.4. The van der Waals surface area contributed by atoms with E-state index in [2.05, 4.69) is 10.3 Å². The third kappa shape index (κ3) is 8.41. The second-order valence-electron chi connectivity index (χ2n) is 11.0. The molecule has 0 saturated heterocycles. The van der Waals surface area contributed by atoms with Crippen LogP contribution >= 0.6 is 0 Å². The van der Waals surface area contributed by atoms with Crippen LogP contribution in [-0.4, -0.2) is 57.0 Å². The number of rotatable bonds is 11. The van der Waals surface area contributed by atoms with E-state index in [1.54, 1.807) is 36.7 Å². The summed E-state index contributed by atoms with van der Waals surface area (Å²) in [6, 6.07) is 20.1. The highest BCUT2D eigenvalue weighted by Gasteiger charge is 2.34. The van der Waals surface area contributed by atoms with Gasteiger partial charge in [0.1, 0.15) is 18.0 Å². The van der Waals surface area contributed by atoms with Crippen LogP contribution in [0.1, 0.15) is 37.4 Å². The number of nitrogens with zero attached hydrogens (tertiary/aromatic N) is 3. The van der Waals surface area contributed by atoms with Crippen LogP contribution in [0.5, 0.6) is 11.5 Å². The number of aromatic nitrogens is 2. The predicted octanol–water partition coefficient (Wildman–Crippen LogP) is 5.73. The number of nitrogens with one attached hydrogen (secondary N) is 1. The Balaban J connectivity index is 1.21. The Kier molecular flexibility index (Phi) is 9.97. The first kappa shape index (κ1) is 34.2. The molecule has 4 aromatic carbocycles. The number of aryl methyl sites for hydroxylation is 1. The number of carboxylic acid groups (broad SMARTS) is 1. The molecule has 0 saturated carbocycles. The van der Waals surface area contributed by atoms with Crippen LogP contribution in [0.3, 0.4) is 0 Å². The number of carboxylic acids is 1. The highest BCUT2D eigenvalue weighted by Crippen LogP contribution is 2.35. The topological polar surface area (TPSA) is 140 Å². The SMILES string of the molecule is COc1ccc(CC(=O)Nc2ccc(C(=O)N(CC(=O)O)Cc3ccc(OC(=O)c4ccc5c(c4)ncn5C)cc3)cc2)c(C(F)(F)F)c1. The summed E-state index contributed by atoms with van der Waals surface area (Å²) in [5.41, 5.74) is 1.48. The van der Waals surface area contributed by atoms with Crippen molar-refractivity contribution in [3.05, 3.63) is 119 Å². The Bertz CT molecular complexity index is 2020. The van der Waals surface area contributed by atoms with Crippen molar-refractivity contribution in [1.82, 2.24) is 14.5 Å². The average Bonchev–Trinajstić information content (AvgIpc) is 3.44. The van der Waals surface area contributed by atoms with Gasteiger partial charge in [-0.15, -0.1) is 0 Å². The maximum absolute atomic E-state index is 13.5. The van der Waals surface area contributed by atoms with Gasteiger partial charge < -0.3 is 29.4 Å². The quantitative estimate of drug-likeness (QED) is 0.134. The molecule has 11 nitrogen and oxygen atoms in total. The molecule has 0 spiro atoms. The summed E-state index contributed by atoms with van der Waals surface area (Å²) < 4.78 is 52.7. The van der Waals surface area contributed by atoms with Crippen molar-refractivity contribution >= 4 is 40.5 Å². The minimum Gasteiger partial charge on any atom is -0.497 e. The summed E-state index contributed by atoms with van der Waals surface area (Å²) in [7, 11) is 3.08. The summed E-state index contributed by atoms with van der Waals surface area (Å²) in [5, 5.41) is 12.0. The number of aliphatic carboxylic acids is 1. The fraction of sp³-hybridized carbons (Fsp3) is 0.171. The van der Waals surface area contributed by atoms with E-state index in [0.29, 0.717) is 16.6 Å². The molecular weight excluding hydrogens is 645 g/mol. The number of anilines is 1. The summed E-state index contributed by atoms with van der Waals surface area (Å²) in [6.45, 7) is -0.703. The first-order valence-electron chi connectivity index (χ1n) is 14.7. The van der Waals surface area contributed by atoms with Crippen molar-refractivity contribution in [3.63, 3.8) is 0 Å². The predicted molar refractivity (Wildman–Crippen MR) is 171 cm³/mol. The molecule has 49 heavy (non-hydrogen) atoms. The van der Waals surface area contributed by atoms with Gasteiger partial charge in [-0.3, -0.25) is 14.4 Å². The second kappa shape index (κ2) is 14.3. The van der Waals surface area contributed by atoms with Crippen LogP contribution in [-0.2, 0) is 35.8 Å². The maximum atomic E-state index is 13.5. The smallest absolute Gasteiger partial charge is 0.416 e. The number of carbonyl (C=O) groups is 4. The number of amides is 2. The number of carbonyl (C=O) groups excluding carboxylic acids is 3. The Labute approximate surface area is 277 Å². The van der Waals surface area contributed by atoms with Gasteiger partial charge in [0.15, 0.2) is 0 Å². The molecule has 0 atom stereocenters. The first-order valence-corrected chi connectivity index (χ1v) is 14.7. The zero-order valence-electron chi connectivity index (χ0n) is 26.2. The van der Waals surface area contributed by atoms with Crippen molar-refractivity contribution in [2.75, 3.05) is 19.0 Å². The van der Waals surface area contributed by atoms with Crippen molar-refractivity contribution in [3.8, 4) is 11.5 Å². The summed E-state index contributed by atoms with van der Waals surface area (Å²) in [6.07, 6.45) is -3.62. The third-order valence-corrected chi connectivity index (χ3v) is 7.47. The number of benzene rings is 4. The zero-order valence-corrected chi connectivity index (χ0v) is 26.2. The molecule has 5 rings (SSSR count). The van der Waals surface area contributed by atoms with E-state index in [1.165, 1.54) is 55.6 Å². The van der Waals surface area contributed by atoms with Gasteiger partial charge in [0.05, 0.1) is 42.0 Å². The maximum Gasteiger partial charge on any atom is 0.416 e. The van der Waals surface area contributed by atoms with Crippen molar-refractivity contribution in [1.29, 1.82) is 0 Å². The van der Waals surface area contributed by atoms with Crippen LogP contribution in [0.4, 0.5) is 18.9 Å². The zero-order chi connectivity index (χ0) is 35.3. The molecule has 0 aliphatic carbocycles. The third-order valence-electron chi connectivity index (χ3n) is 7.47. The average molecular weight is 675 g/mol. The molecule has 2 N–H and O–H groups in total. The number of halogens is 3. The lowest BCUT2D eigenvalue weighted by Crippen LogP contribution is -2.35. The number of imidazole rings is 1. The van der Waals surface area contributed by atoms with Crippen LogP contribution in [0, 0.1) is 0 Å². The van der Waals surface area contributed by atoms with Gasteiger partial charge >= 0.3 is 18.1 Å². The monoisotopic (exact) mass is 674 g/mol. The lowest BCUT2D eigenvalue weighted by Gasteiger charge is -2.21. The van der Waals surface area contributed by atoms with Gasteiger partial charge in [-0.05, 0) is 77.9 Å². The van der Waals surface area contributed by atoms with Crippen molar-refractivity contribution < 1.29 is 46.9 Å². The molecule has 0 radical (unpaired) electrons. The summed E-state index contributed by atoms with van der Waals surface area (Å²) in [4.78, 5) is 55.5. The Morgan fingerprint density at radius 1 is 0.898 bits per heavy atom. The van der Waals surface area contributed by atoms with Gasteiger partial charge in [-0.1, -0.05) is 18.2 Å². The summed E-state index contributed by atoms with van der Waals surface area (Å²) in [5.74, 6) is -2.93. The van der Waals surface area contributed by atoms with E-state index in [4.69, 9.17) is 9.47 Å². The van der Waals surface area contributed by atoms with Crippen LogP contribution in [0.15, 0.2) is 91.3 Å². The van der Waals surface area contributed by atoms with E-state index in [9.17, 15) is 37.5 Å². The molecule has 1 aromatic heterocycles. The van der Waals surface area contributed by atoms with Gasteiger partial charge in [-0.25, -0.2) is 9.78 Å². The van der Waals surface area contributed by atoms with Crippen molar-refractivity contribution in [2.24, 2.45) is 7.05 Å². The van der Waals surface area contributed by atoms with E-state index < -0.39 is 48.5 Å². The molecule has 252 valence electrons. The number of alkyl halides is 3. The van der Waals surface area contributed by atoms with Crippen LogP contribution in [0.2, 0.25) is 0 Å². The Hall–Kier alpha value is -6.18. The van der Waals surface area contributed by atoms with Crippen molar-refractivity contribution in [2.45, 2.75) is 19.1 Å². The number of hydrogen-bond donors (Lipinski definition) is 2. The largest absolute Gasteiger partial charge is 0.497 e. The number of methoxy groups -OCH3 is 1. The minimum absolute atomic E-state index is 0.00200. The van der Waals surface area contributed by atoms with Gasteiger partial charge in [0.2, 0.25) is 5.91 Å². The molecule has 0 bridgehead atoms. The first-order chi connectivity index (χ1) is 23.3. The second-order valence-corrected chi connectivity index (χ2v) is 11.0. The Morgan fingerprint density at radius 3 is 2.22 bits per heavy atom. The van der Waals surface area contributed by atoms with Crippen LogP contribution < -0.4 is 14.8 Å². The Morgan fingerprint density at radius 2 is 1.57 bits per heavy atom. The number of ether oxygens (including phenoxy) is 2. The lowest BCUT2D eigenvalue weighted by molar-refractivity contribution is -0.139. The summed E-state index contributed by atoms with van der Waals surface area (Å²) >= 11 is 0. The number of fused-ring (bicyclic) bond motifs is 1. The van der Waals surface area contributed by atoms with E-state index in [-0.39, 0.29) is 34.9 Å². The van der Waals surface area contributed by atoms with E-state index in [0.717, 1.165) is 16.5 Å². The molecule has 1 heterocycles. The van der Waals surface area contributed by atoms with Gasteiger partial charge in [0.25, 0.3) is 5.91 Å². The molecule has 0 aliphatic heterocycles. The molecule has 0 unspecified atom stereocenters. The van der Waals surface area contributed by atoms with E-state index >= 15 is 0 Å². The highest BCUT2D eigenvalue weighted by molar-refractivity contribution is 5.97. The van der Waals surface area contributed by atoms with E-state index in [1.807, 2.05) is 11.6 Å². The fourth-order valence-electron chi connectivity index (χ4n) is 5.03. The molecule has 2 amide bonds. The lowest BCUT2D eigenvalue weighted by atomic mass is 10.0. The normalized spacial score (nSPS) is 11.2. The molecule has 14 heteroatoms. The standard InChI is InChI=1S/C35H29F3N4O7/c1-41-20-39-29-15-24(8-14-30(29)41)34(47)49-26-11-3-21(4-12-26)18-42(19-32(44)45)33(46)22-5-9-25(10-6-22)40-31(43)16-23-7-13-27(48-2)17-28(23)35(36,37)38/h3-15,17,20H,16,18-19H2,1-2H3,(H,40,43)(H,44,45). The molecule has 0 aliphatic rings. The van der Waals surface area contributed by atoms with Crippen LogP contribution in [0.25, 0.3) is 11.0 Å². The van der Waals surface area contributed by atoms with Gasteiger partial charge in [-0.2, -0.15) is 13.2 Å². The minimum atomic E-state index is -4.70. The van der Waals surface area contributed by atoms with Gasteiger partial charge in [0, 0.05) is 24.8 Å².